The number of pyridine rings is 1. The highest BCUT2D eigenvalue weighted by molar-refractivity contribution is 5.83. The van der Waals surface area contributed by atoms with E-state index in [1.54, 1.807) is 0 Å². The minimum absolute atomic E-state index is 0.0110. The fraction of sp³-hybridized carbons (Fsp3) is 0.368. The van der Waals surface area contributed by atoms with Gasteiger partial charge >= 0.3 is 6.29 Å². The Bertz CT molecular complexity index is 966. The molecule has 9 heteroatoms. The smallest absolute Gasteiger partial charge is 0.395 e. The summed E-state index contributed by atoms with van der Waals surface area (Å²) < 4.78 is 63.8. The highest BCUT2D eigenvalue weighted by atomic mass is 19.3. The average Bonchev–Trinajstić information content (AvgIpc) is 2.97. The molecular formula is C19H17F4N3O2. The molecule has 3 heterocycles. The molecular weight excluding hydrogens is 378 g/mol. The molecule has 0 fully saturated rings. The summed E-state index contributed by atoms with van der Waals surface area (Å²) >= 11 is 0. The number of alkyl halides is 3. The van der Waals surface area contributed by atoms with E-state index in [4.69, 9.17) is 5.73 Å². The zero-order valence-electron chi connectivity index (χ0n) is 14.9. The number of amidine groups is 1. The molecule has 0 aliphatic carbocycles. The van der Waals surface area contributed by atoms with Crippen LogP contribution in [0.15, 0.2) is 35.5 Å². The van der Waals surface area contributed by atoms with Gasteiger partial charge in [0.2, 0.25) is 0 Å². The largest absolute Gasteiger partial charge is 0.586 e. The van der Waals surface area contributed by atoms with Gasteiger partial charge in [-0.05, 0) is 31.0 Å². The first-order chi connectivity index (χ1) is 13.2. The van der Waals surface area contributed by atoms with Gasteiger partial charge in [-0.15, -0.1) is 8.78 Å². The predicted molar refractivity (Wildman–Crippen MR) is 93.5 cm³/mol. The monoisotopic (exact) mass is 395 g/mol. The molecule has 0 amide bonds. The number of hydrogen-bond acceptors (Lipinski definition) is 5. The van der Waals surface area contributed by atoms with Crippen LogP contribution in [0.2, 0.25) is 0 Å². The van der Waals surface area contributed by atoms with E-state index in [0.717, 1.165) is 6.20 Å². The van der Waals surface area contributed by atoms with Crippen molar-refractivity contribution >= 4 is 5.84 Å². The lowest BCUT2D eigenvalue weighted by Crippen LogP contribution is -2.38. The van der Waals surface area contributed by atoms with E-state index in [1.807, 2.05) is 6.92 Å². The van der Waals surface area contributed by atoms with Crippen LogP contribution < -0.4 is 15.2 Å². The van der Waals surface area contributed by atoms with Gasteiger partial charge in [-0.1, -0.05) is 6.92 Å². The molecule has 1 unspecified atom stereocenters. The SMILES string of the molecule is CC1CC[C@@](CF)(c2cc(-c3cc4c(cn3)OC(F)(F)O4)ccc2F)N=C1N. The summed E-state index contributed by atoms with van der Waals surface area (Å²) in [5, 5.41) is 0. The predicted octanol–water partition coefficient (Wildman–Crippen LogP) is 4.16. The fourth-order valence-electron chi connectivity index (χ4n) is 3.44. The lowest BCUT2D eigenvalue weighted by molar-refractivity contribution is -0.286. The van der Waals surface area contributed by atoms with Gasteiger partial charge in [0.1, 0.15) is 18.0 Å². The van der Waals surface area contributed by atoms with Crippen LogP contribution in [-0.4, -0.2) is 23.8 Å². The van der Waals surface area contributed by atoms with Crippen molar-refractivity contribution in [3.05, 3.63) is 41.8 Å². The Labute approximate surface area is 158 Å². The molecule has 2 N–H and O–H groups in total. The summed E-state index contributed by atoms with van der Waals surface area (Å²) in [6, 6.07) is 5.28. The summed E-state index contributed by atoms with van der Waals surface area (Å²) in [5.41, 5.74) is 5.18. The van der Waals surface area contributed by atoms with Crippen LogP contribution in [0.3, 0.4) is 0 Å². The molecule has 1 aromatic heterocycles. The van der Waals surface area contributed by atoms with Gasteiger partial charge in [-0.3, -0.25) is 9.98 Å². The molecule has 2 aromatic rings. The summed E-state index contributed by atoms with van der Waals surface area (Å²) in [4.78, 5) is 8.33. The molecule has 2 aliphatic heterocycles. The topological polar surface area (TPSA) is 69.7 Å². The zero-order chi connectivity index (χ0) is 20.1. The van der Waals surface area contributed by atoms with Crippen LogP contribution in [0.25, 0.3) is 11.3 Å². The van der Waals surface area contributed by atoms with Crippen molar-refractivity contribution in [2.24, 2.45) is 16.6 Å². The van der Waals surface area contributed by atoms with Gasteiger partial charge in [0.15, 0.2) is 11.5 Å². The molecule has 2 aliphatic rings. The molecule has 0 radical (unpaired) electrons. The number of nitrogens with zero attached hydrogens (tertiary/aromatic N) is 2. The quantitative estimate of drug-likeness (QED) is 0.793. The minimum Gasteiger partial charge on any atom is -0.395 e. The molecule has 0 spiro atoms. The molecule has 0 saturated heterocycles. The van der Waals surface area contributed by atoms with Crippen molar-refractivity contribution in [3.8, 4) is 22.8 Å². The van der Waals surface area contributed by atoms with E-state index in [9.17, 15) is 17.6 Å². The van der Waals surface area contributed by atoms with Gasteiger partial charge in [-0.2, -0.15) is 0 Å². The van der Waals surface area contributed by atoms with Crippen LogP contribution in [-0.2, 0) is 5.54 Å². The Balaban J connectivity index is 1.77. The van der Waals surface area contributed by atoms with E-state index >= 15 is 0 Å². The maximum atomic E-state index is 14.6. The Morgan fingerprint density at radius 3 is 2.68 bits per heavy atom. The number of hydrogen-bond donors (Lipinski definition) is 1. The van der Waals surface area contributed by atoms with Gasteiger partial charge in [0, 0.05) is 23.1 Å². The third kappa shape index (κ3) is 3.04. The van der Waals surface area contributed by atoms with Crippen LogP contribution in [0.4, 0.5) is 17.6 Å². The van der Waals surface area contributed by atoms with Crippen LogP contribution in [0.5, 0.6) is 11.5 Å². The maximum absolute atomic E-state index is 14.6. The second-order valence-corrected chi connectivity index (χ2v) is 7.02. The first-order valence-corrected chi connectivity index (χ1v) is 8.70. The van der Waals surface area contributed by atoms with Crippen molar-refractivity contribution in [1.82, 2.24) is 4.98 Å². The van der Waals surface area contributed by atoms with E-state index in [-0.39, 0.29) is 34.5 Å². The number of halogens is 4. The summed E-state index contributed by atoms with van der Waals surface area (Å²) in [7, 11) is 0. The lowest BCUT2D eigenvalue weighted by Gasteiger charge is -2.34. The molecule has 0 bridgehead atoms. The standard InChI is InChI=1S/C19H17F4N3O2/c1-10-4-5-18(9-20,26-17(10)24)12-6-11(2-3-13(12)21)14-7-15-16(8-25-14)28-19(22,23)27-15/h2-3,6-8,10H,4-5,9H2,1H3,(H2,24,26)/t10?,18-/m1/s1. The summed E-state index contributed by atoms with van der Waals surface area (Å²) in [6.45, 7) is 0.960. The number of aromatic nitrogens is 1. The molecule has 28 heavy (non-hydrogen) atoms. The van der Waals surface area contributed by atoms with E-state index in [1.165, 1.54) is 24.3 Å². The number of fused-ring (bicyclic) bond motifs is 1. The van der Waals surface area contributed by atoms with Gasteiger partial charge in [0.25, 0.3) is 0 Å². The van der Waals surface area contributed by atoms with Crippen molar-refractivity contribution < 1.29 is 27.0 Å². The molecule has 5 nitrogen and oxygen atoms in total. The van der Waals surface area contributed by atoms with Crippen LogP contribution in [0, 0.1) is 11.7 Å². The highest BCUT2D eigenvalue weighted by Gasteiger charge is 2.44. The van der Waals surface area contributed by atoms with Gasteiger partial charge in [0.05, 0.1) is 17.7 Å². The van der Waals surface area contributed by atoms with Crippen LogP contribution in [0.1, 0.15) is 25.3 Å². The average molecular weight is 395 g/mol. The van der Waals surface area contributed by atoms with Gasteiger partial charge < -0.3 is 15.2 Å². The number of ether oxygens (including phenoxy) is 2. The number of rotatable bonds is 3. The molecule has 2 atom stereocenters. The number of benzene rings is 1. The Kier molecular flexibility index (Phi) is 4.20. The molecule has 148 valence electrons. The molecule has 0 saturated carbocycles. The minimum atomic E-state index is -3.76. The third-order valence-corrected chi connectivity index (χ3v) is 5.11. The Hall–Kier alpha value is -2.84. The van der Waals surface area contributed by atoms with Crippen molar-refractivity contribution in [3.63, 3.8) is 0 Å². The highest BCUT2D eigenvalue weighted by Crippen LogP contribution is 2.43. The Morgan fingerprint density at radius 1 is 1.21 bits per heavy atom. The normalized spacial score (nSPS) is 25.5. The molecule has 4 rings (SSSR count). The van der Waals surface area contributed by atoms with E-state index < -0.39 is 24.3 Å². The van der Waals surface area contributed by atoms with Crippen LogP contribution >= 0.6 is 0 Å². The number of nitrogens with two attached hydrogens (primary N) is 1. The second kappa shape index (κ2) is 6.35. The Morgan fingerprint density at radius 2 is 1.96 bits per heavy atom. The first kappa shape index (κ1) is 18.5. The summed E-state index contributed by atoms with van der Waals surface area (Å²) in [5.74, 6) is -0.746. The maximum Gasteiger partial charge on any atom is 0.586 e. The van der Waals surface area contributed by atoms with Gasteiger partial charge in [-0.25, -0.2) is 8.78 Å². The fourth-order valence-corrected chi connectivity index (χ4v) is 3.44. The third-order valence-electron chi connectivity index (χ3n) is 5.11. The van der Waals surface area contributed by atoms with E-state index in [0.29, 0.717) is 18.4 Å². The van der Waals surface area contributed by atoms with Crippen molar-refractivity contribution in [2.75, 3.05) is 6.67 Å². The molecule has 1 aromatic carbocycles. The lowest BCUT2D eigenvalue weighted by atomic mass is 9.80. The second-order valence-electron chi connectivity index (χ2n) is 7.02. The van der Waals surface area contributed by atoms with Crippen molar-refractivity contribution in [1.29, 1.82) is 0 Å². The zero-order valence-corrected chi connectivity index (χ0v) is 14.9. The van der Waals surface area contributed by atoms with E-state index in [2.05, 4.69) is 19.5 Å². The first-order valence-electron chi connectivity index (χ1n) is 8.70. The number of aliphatic imine (C=N–C) groups is 1. The summed E-state index contributed by atoms with van der Waals surface area (Å²) in [6.07, 6.45) is -1.80. The van der Waals surface area contributed by atoms with Crippen molar-refractivity contribution in [2.45, 2.75) is 31.6 Å².